The number of anilines is 1. The zero-order chi connectivity index (χ0) is 17.3. The third-order valence-electron chi connectivity index (χ3n) is 5.09. The van der Waals surface area contributed by atoms with Crippen LogP contribution in [0.1, 0.15) is 38.2 Å². The minimum absolute atomic E-state index is 0.0171. The van der Waals surface area contributed by atoms with Crippen molar-refractivity contribution in [3.8, 4) is 0 Å². The van der Waals surface area contributed by atoms with Crippen molar-refractivity contribution in [2.24, 2.45) is 5.92 Å². The van der Waals surface area contributed by atoms with E-state index in [-0.39, 0.29) is 30.2 Å². The number of aliphatic hydroxyl groups is 1. The van der Waals surface area contributed by atoms with E-state index in [1.807, 2.05) is 36.1 Å². The first-order chi connectivity index (χ1) is 11.5. The predicted molar refractivity (Wildman–Crippen MR) is 92.7 cm³/mol. The maximum absolute atomic E-state index is 12.9. The number of benzene rings is 1. The highest BCUT2D eigenvalue weighted by molar-refractivity contribution is 6.00. The molecule has 2 aliphatic heterocycles. The molecule has 0 saturated carbocycles. The SMILES string of the molecule is Cc1ccc(N2CC(C(=O)N3CCCC3CC(C)O)CC2=O)cc1. The standard InChI is InChI=1S/C19H26N2O3/c1-13-5-7-16(8-6-13)21-12-15(11-18(21)23)19(24)20-9-3-4-17(20)10-14(2)22/h5-8,14-15,17,22H,3-4,9-12H2,1-2H3. The number of carbonyl (C=O) groups is 2. The van der Waals surface area contributed by atoms with Crippen LogP contribution >= 0.6 is 0 Å². The average Bonchev–Trinajstić information content (AvgIpc) is 3.14. The Labute approximate surface area is 143 Å². The minimum Gasteiger partial charge on any atom is -0.393 e. The Balaban J connectivity index is 1.68. The third kappa shape index (κ3) is 3.46. The molecule has 0 aliphatic carbocycles. The zero-order valence-corrected chi connectivity index (χ0v) is 14.4. The van der Waals surface area contributed by atoms with Gasteiger partial charge in [-0.1, -0.05) is 17.7 Å². The number of aryl methyl sites for hydroxylation is 1. The van der Waals surface area contributed by atoms with Crippen LogP contribution < -0.4 is 4.90 Å². The van der Waals surface area contributed by atoms with E-state index in [4.69, 9.17) is 0 Å². The van der Waals surface area contributed by atoms with Crippen molar-refractivity contribution in [2.75, 3.05) is 18.0 Å². The summed E-state index contributed by atoms with van der Waals surface area (Å²) in [6.45, 7) is 4.97. The molecule has 2 aliphatic rings. The Morgan fingerprint density at radius 1 is 1.33 bits per heavy atom. The molecule has 0 spiro atoms. The van der Waals surface area contributed by atoms with Crippen LogP contribution in [0.2, 0.25) is 0 Å². The number of aliphatic hydroxyl groups excluding tert-OH is 1. The predicted octanol–water partition coefficient (Wildman–Crippen LogP) is 2.11. The molecule has 3 atom stereocenters. The lowest BCUT2D eigenvalue weighted by molar-refractivity contribution is -0.137. The van der Waals surface area contributed by atoms with Gasteiger partial charge in [0.25, 0.3) is 0 Å². The van der Waals surface area contributed by atoms with Gasteiger partial charge in [0.15, 0.2) is 0 Å². The first-order valence-corrected chi connectivity index (χ1v) is 8.81. The molecule has 1 aromatic carbocycles. The molecule has 2 saturated heterocycles. The summed E-state index contributed by atoms with van der Waals surface area (Å²) in [6.07, 6.45) is 2.42. The number of amides is 2. The van der Waals surface area contributed by atoms with Crippen LogP contribution in [0.5, 0.6) is 0 Å². The maximum atomic E-state index is 12.9. The lowest BCUT2D eigenvalue weighted by Crippen LogP contribution is -2.41. The van der Waals surface area contributed by atoms with Gasteiger partial charge in [-0.2, -0.15) is 0 Å². The van der Waals surface area contributed by atoms with E-state index < -0.39 is 6.10 Å². The second kappa shape index (κ2) is 6.93. The molecule has 1 N–H and O–H groups in total. The van der Waals surface area contributed by atoms with Crippen LogP contribution in [0.4, 0.5) is 5.69 Å². The van der Waals surface area contributed by atoms with Gasteiger partial charge in [0.1, 0.15) is 0 Å². The van der Waals surface area contributed by atoms with Crippen LogP contribution in [0.3, 0.4) is 0 Å². The second-order valence-electron chi connectivity index (χ2n) is 7.15. The Hall–Kier alpha value is -1.88. The van der Waals surface area contributed by atoms with Crippen molar-refractivity contribution < 1.29 is 14.7 Å². The Morgan fingerprint density at radius 3 is 2.71 bits per heavy atom. The van der Waals surface area contributed by atoms with Gasteiger partial charge in [-0.25, -0.2) is 0 Å². The van der Waals surface area contributed by atoms with E-state index in [1.165, 1.54) is 0 Å². The number of likely N-dealkylation sites (tertiary alicyclic amines) is 1. The number of hydrogen-bond donors (Lipinski definition) is 1. The summed E-state index contributed by atoms with van der Waals surface area (Å²) in [7, 11) is 0. The molecule has 1 aromatic rings. The minimum atomic E-state index is -0.405. The van der Waals surface area contributed by atoms with Gasteiger partial charge in [-0.05, 0) is 45.2 Å². The molecular weight excluding hydrogens is 304 g/mol. The third-order valence-corrected chi connectivity index (χ3v) is 5.09. The summed E-state index contributed by atoms with van der Waals surface area (Å²) in [4.78, 5) is 28.9. The van der Waals surface area contributed by atoms with Crippen molar-refractivity contribution in [1.29, 1.82) is 0 Å². The van der Waals surface area contributed by atoms with Gasteiger partial charge < -0.3 is 14.9 Å². The fourth-order valence-electron chi connectivity index (χ4n) is 3.85. The molecule has 0 bridgehead atoms. The van der Waals surface area contributed by atoms with E-state index in [1.54, 1.807) is 11.8 Å². The number of hydrogen-bond acceptors (Lipinski definition) is 3. The Bertz CT molecular complexity index is 612. The Morgan fingerprint density at radius 2 is 2.04 bits per heavy atom. The maximum Gasteiger partial charge on any atom is 0.228 e. The van der Waals surface area contributed by atoms with Gasteiger partial charge in [0.2, 0.25) is 11.8 Å². The fraction of sp³-hybridized carbons (Fsp3) is 0.579. The molecule has 130 valence electrons. The topological polar surface area (TPSA) is 60.9 Å². The van der Waals surface area contributed by atoms with Crippen LogP contribution in [-0.4, -0.2) is 47.1 Å². The van der Waals surface area contributed by atoms with Gasteiger partial charge >= 0.3 is 0 Å². The van der Waals surface area contributed by atoms with Crippen molar-refractivity contribution in [3.05, 3.63) is 29.8 Å². The van der Waals surface area contributed by atoms with Crippen molar-refractivity contribution >= 4 is 17.5 Å². The van der Waals surface area contributed by atoms with Gasteiger partial charge in [-0.3, -0.25) is 9.59 Å². The van der Waals surface area contributed by atoms with E-state index in [2.05, 4.69) is 0 Å². The molecule has 2 amide bonds. The second-order valence-corrected chi connectivity index (χ2v) is 7.15. The molecule has 24 heavy (non-hydrogen) atoms. The molecule has 0 aromatic heterocycles. The highest BCUT2D eigenvalue weighted by atomic mass is 16.3. The van der Waals surface area contributed by atoms with Gasteiger partial charge in [0, 0.05) is 31.2 Å². The summed E-state index contributed by atoms with van der Waals surface area (Å²) < 4.78 is 0. The summed E-state index contributed by atoms with van der Waals surface area (Å²) in [6, 6.07) is 7.95. The molecule has 2 fully saturated rings. The lowest BCUT2D eigenvalue weighted by Gasteiger charge is -2.28. The molecule has 0 radical (unpaired) electrons. The molecule has 5 nitrogen and oxygen atoms in total. The normalized spacial score (nSPS) is 25.4. The highest BCUT2D eigenvalue weighted by Gasteiger charge is 2.40. The smallest absolute Gasteiger partial charge is 0.228 e. The molecule has 5 heteroatoms. The van der Waals surface area contributed by atoms with E-state index >= 15 is 0 Å². The summed E-state index contributed by atoms with van der Waals surface area (Å²) in [5.41, 5.74) is 2.01. The molecule has 2 heterocycles. The van der Waals surface area contributed by atoms with Crippen molar-refractivity contribution in [1.82, 2.24) is 4.90 Å². The molecule has 3 rings (SSSR count). The van der Waals surface area contributed by atoms with E-state index in [0.29, 0.717) is 13.0 Å². The van der Waals surface area contributed by atoms with Gasteiger partial charge in [-0.15, -0.1) is 0 Å². The van der Waals surface area contributed by atoms with Crippen LogP contribution in [0, 0.1) is 12.8 Å². The average molecular weight is 330 g/mol. The monoisotopic (exact) mass is 330 g/mol. The summed E-state index contributed by atoms with van der Waals surface area (Å²) in [5, 5.41) is 9.63. The van der Waals surface area contributed by atoms with Crippen molar-refractivity contribution in [3.63, 3.8) is 0 Å². The summed E-state index contributed by atoms with van der Waals surface area (Å²) in [5.74, 6) is -0.182. The number of rotatable bonds is 4. The highest BCUT2D eigenvalue weighted by Crippen LogP contribution is 2.30. The zero-order valence-electron chi connectivity index (χ0n) is 14.4. The molecule has 3 unspecified atom stereocenters. The van der Waals surface area contributed by atoms with Gasteiger partial charge in [0.05, 0.1) is 12.0 Å². The van der Waals surface area contributed by atoms with Crippen LogP contribution in [0.25, 0.3) is 0 Å². The van der Waals surface area contributed by atoms with E-state index in [0.717, 1.165) is 30.6 Å². The van der Waals surface area contributed by atoms with Crippen molar-refractivity contribution in [2.45, 2.75) is 51.7 Å². The van der Waals surface area contributed by atoms with Crippen LogP contribution in [-0.2, 0) is 9.59 Å². The fourth-order valence-corrected chi connectivity index (χ4v) is 3.85. The largest absolute Gasteiger partial charge is 0.393 e. The first kappa shape index (κ1) is 17.0. The van der Waals surface area contributed by atoms with Crippen LogP contribution in [0.15, 0.2) is 24.3 Å². The first-order valence-electron chi connectivity index (χ1n) is 8.81. The molecular formula is C19H26N2O3. The number of carbonyl (C=O) groups excluding carboxylic acids is 2. The number of nitrogens with zero attached hydrogens (tertiary/aromatic N) is 2. The quantitative estimate of drug-likeness (QED) is 0.920. The lowest BCUT2D eigenvalue weighted by atomic mass is 10.0. The summed E-state index contributed by atoms with van der Waals surface area (Å²) >= 11 is 0. The Kier molecular flexibility index (Phi) is 4.90. The van der Waals surface area contributed by atoms with E-state index in [9.17, 15) is 14.7 Å².